The van der Waals surface area contributed by atoms with E-state index in [1.807, 2.05) is 24.3 Å². The Hall–Kier alpha value is -4.43. The normalized spacial score (nSPS) is 11.2. The van der Waals surface area contributed by atoms with Gasteiger partial charge in [-0.3, -0.25) is 9.13 Å². The molecule has 3 heterocycles. The van der Waals surface area contributed by atoms with Gasteiger partial charge in [-0.2, -0.15) is 10.5 Å². The molecular weight excluding hydrogens is 416 g/mol. The van der Waals surface area contributed by atoms with Crippen LogP contribution in [0.5, 0.6) is 11.6 Å². The van der Waals surface area contributed by atoms with Crippen LogP contribution in [0.15, 0.2) is 53.5 Å². The van der Waals surface area contributed by atoms with Gasteiger partial charge in [0.25, 0.3) is 0 Å². The molecule has 0 unspecified atom stereocenters. The second kappa shape index (κ2) is 8.25. The molecule has 0 aliphatic rings. The van der Waals surface area contributed by atoms with E-state index < -0.39 is 0 Å². The fourth-order valence-electron chi connectivity index (χ4n) is 3.61. The van der Waals surface area contributed by atoms with Gasteiger partial charge in [0.15, 0.2) is 0 Å². The van der Waals surface area contributed by atoms with Crippen molar-refractivity contribution in [2.45, 2.75) is 27.3 Å². The minimum atomic E-state index is -0.0696. The van der Waals surface area contributed by atoms with E-state index in [0.29, 0.717) is 18.0 Å². The van der Waals surface area contributed by atoms with E-state index in [2.05, 4.69) is 36.8 Å². The van der Waals surface area contributed by atoms with Crippen LogP contribution in [-0.2, 0) is 13.6 Å². The van der Waals surface area contributed by atoms with E-state index in [1.165, 1.54) is 12.3 Å². The zero-order chi connectivity index (χ0) is 23.8. The summed E-state index contributed by atoms with van der Waals surface area (Å²) in [6.07, 6.45) is 1.46. The molecule has 1 aromatic carbocycles. The quantitative estimate of drug-likeness (QED) is 0.468. The summed E-state index contributed by atoms with van der Waals surface area (Å²) >= 11 is 0. The zero-order valence-corrected chi connectivity index (χ0v) is 18.8. The van der Waals surface area contributed by atoms with Gasteiger partial charge in [-0.25, -0.2) is 14.8 Å². The summed E-state index contributed by atoms with van der Waals surface area (Å²) in [7, 11) is 1.75. The molecule has 0 bridgehead atoms. The zero-order valence-electron chi connectivity index (χ0n) is 18.8. The lowest BCUT2D eigenvalue weighted by Gasteiger charge is -2.18. The van der Waals surface area contributed by atoms with Gasteiger partial charge in [-0.15, -0.1) is 0 Å². The first-order valence-electron chi connectivity index (χ1n) is 10.3. The van der Waals surface area contributed by atoms with Gasteiger partial charge in [0.05, 0.1) is 16.7 Å². The van der Waals surface area contributed by atoms with Crippen LogP contribution in [0.4, 0.5) is 0 Å². The van der Waals surface area contributed by atoms with E-state index in [4.69, 9.17) is 10.00 Å². The third kappa shape index (κ3) is 4.32. The van der Waals surface area contributed by atoms with Crippen molar-refractivity contribution in [2.24, 2.45) is 12.5 Å². The molecule has 0 saturated heterocycles. The Labute approximate surface area is 190 Å². The highest BCUT2D eigenvalue weighted by molar-refractivity contribution is 5.82. The van der Waals surface area contributed by atoms with E-state index in [1.54, 1.807) is 34.4 Å². The van der Waals surface area contributed by atoms with E-state index >= 15 is 0 Å². The lowest BCUT2D eigenvalue weighted by molar-refractivity contribution is 0.342. The molecule has 8 heteroatoms. The Balaban J connectivity index is 1.78. The van der Waals surface area contributed by atoms with Crippen LogP contribution < -0.4 is 10.4 Å². The van der Waals surface area contributed by atoms with Crippen molar-refractivity contribution in [1.29, 1.82) is 10.5 Å². The number of hydrogen-bond donors (Lipinski definition) is 0. The first-order valence-corrected chi connectivity index (χ1v) is 10.3. The molecular formula is C25H22N6O2. The average molecular weight is 438 g/mol. The molecule has 0 amide bonds. The predicted octanol–water partition coefficient (Wildman–Crippen LogP) is 4.38. The number of nitriles is 2. The Morgan fingerprint density at radius 1 is 1.03 bits per heavy atom. The fraction of sp³-hybridized carbons (Fsp3) is 0.240. The molecule has 4 aromatic rings. The van der Waals surface area contributed by atoms with Gasteiger partial charge >= 0.3 is 5.69 Å². The summed E-state index contributed by atoms with van der Waals surface area (Å²) in [4.78, 5) is 21.3. The van der Waals surface area contributed by atoms with E-state index in [9.17, 15) is 10.1 Å². The molecule has 0 aliphatic heterocycles. The molecule has 164 valence electrons. The topological polar surface area (TPSA) is 110 Å². The molecule has 0 radical (unpaired) electrons. The summed E-state index contributed by atoms with van der Waals surface area (Å²) in [6.45, 7) is 6.89. The van der Waals surface area contributed by atoms with Gasteiger partial charge in [0.2, 0.25) is 5.88 Å². The first kappa shape index (κ1) is 21.8. The minimum absolute atomic E-state index is 0.0456. The number of nitrogens with zero attached hydrogens (tertiary/aromatic N) is 6. The number of aryl methyl sites for hydroxylation is 1. The predicted molar refractivity (Wildman–Crippen MR) is 124 cm³/mol. The summed E-state index contributed by atoms with van der Waals surface area (Å²) in [5.74, 6) is 0.490. The Morgan fingerprint density at radius 2 is 1.82 bits per heavy atom. The van der Waals surface area contributed by atoms with Gasteiger partial charge in [-0.05, 0) is 35.7 Å². The summed E-state index contributed by atoms with van der Waals surface area (Å²) in [5, 5.41) is 18.5. The number of aromatic nitrogens is 4. The molecule has 8 nitrogen and oxygen atoms in total. The fourth-order valence-corrected chi connectivity index (χ4v) is 3.61. The van der Waals surface area contributed by atoms with Gasteiger partial charge in [-0.1, -0.05) is 26.8 Å². The lowest BCUT2D eigenvalue weighted by atomic mass is 9.97. The molecule has 3 aromatic heterocycles. The molecule has 0 spiro atoms. The van der Waals surface area contributed by atoms with Crippen molar-refractivity contribution in [3.63, 3.8) is 0 Å². The Morgan fingerprint density at radius 3 is 2.52 bits per heavy atom. The Kier molecular flexibility index (Phi) is 5.45. The molecule has 0 aliphatic carbocycles. The highest BCUT2D eigenvalue weighted by Gasteiger charge is 2.18. The standard InChI is InChI=1S/C25H22N6O2/c1-25(2,3)15-31-21-8-6-16(11-22(21)30(4)24(31)32)20-7-5-17(13-26)23(29-20)33-19-9-10-28-18(12-19)14-27/h5-12H,15H2,1-4H3. The number of rotatable bonds is 4. The SMILES string of the molecule is Cn1c(=O)n(CC(C)(C)C)c2ccc(-c3ccc(C#N)c(Oc4ccnc(C#N)c4)n3)cc21. The van der Waals surface area contributed by atoms with Crippen LogP contribution in [-0.4, -0.2) is 19.1 Å². The first-order chi connectivity index (χ1) is 15.7. The maximum atomic E-state index is 12.8. The van der Waals surface area contributed by atoms with E-state index in [-0.39, 0.29) is 28.2 Å². The molecule has 33 heavy (non-hydrogen) atoms. The number of ether oxygens (including phenoxy) is 1. The minimum Gasteiger partial charge on any atom is -0.438 e. The Bertz CT molecular complexity index is 1510. The number of benzene rings is 1. The highest BCUT2D eigenvalue weighted by atomic mass is 16.5. The van der Waals surface area contributed by atoms with Crippen molar-refractivity contribution >= 4 is 11.0 Å². The third-order valence-electron chi connectivity index (χ3n) is 5.11. The van der Waals surface area contributed by atoms with E-state index in [0.717, 1.165) is 16.6 Å². The van der Waals surface area contributed by atoms with Crippen LogP contribution in [0.2, 0.25) is 0 Å². The molecule has 4 rings (SSSR count). The van der Waals surface area contributed by atoms with Crippen LogP contribution in [0, 0.1) is 28.1 Å². The highest BCUT2D eigenvalue weighted by Crippen LogP contribution is 2.29. The smallest absolute Gasteiger partial charge is 0.328 e. The van der Waals surface area contributed by atoms with Crippen LogP contribution in [0.1, 0.15) is 32.0 Å². The third-order valence-corrected chi connectivity index (χ3v) is 5.11. The largest absolute Gasteiger partial charge is 0.438 e. The van der Waals surface area contributed by atoms with Gasteiger partial charge < -0.3 is 4.74 Å². The van der Waals surface area contributed by atoms with Crippen LogP contribution in [0.25, 0.3) is 22.3 Å². The van der Waals surface area contributed by atoms with Crippen LogP contribution in [0.3, 0.4) is 0 Å². The van der Waals surface area contributed by atoms with Crippen molar-refractivity contribution in [1.82, 2.24) is 19.1 Å². The monoisotopic (exact) mass is 438 g/mol. The number of hydrogen-bond acceptors (Lipinski definition) is 6. The van der Waals surface area contributed by atoms with Gasteiger partial charge in [0, 0.05) is 31.4 Å². The number of pyridine rings is 2. The summed E-state index contributed by atoms with van der Waals surface area (Å²) < 4.78 is 9.23. The van der Waals surface area contributed by atoms with Crippen molar-refractivity contribution in [3.8, 4) is 35.0 Å². The molecule has 0 atom stereocenters. The number of fused-ring (bicyclic) bond motifs is 1. The second-order valence-electron chi connectivity index (χ2n) is 8.94. The number of imidazole rings is 1. The second-order valence-corrected chi connectivity index (χ2v) is 8.94. The molecule has 0 N–H and O–H groups in total. The van der Waals surface area contributed by atoms with Gasteiger partial charge in [0.1, 0.15) is 29.1 Å². The van der Waals surface area contributed by atoms with Crippen molar-refractivity contribution in [2.75, 3.05) is 0 Å². The maximum absolute atomic E-state index is 12.8. The lowest BCUT2D eigenvalue weighted by Crippen LogP contribution is -2.27. The summed E-state index contributed by atoms with van der Waals surface area (Å²) in [6, 6.07) is 16.2. The maximum Gasteiger partial charge on any atom is 0.328 e. The molecule has 0 fully saturated rings. The summed E-state index contributed by atoms with van der Waals surface area (Å²) in [5.41, 5.74) is 3.38. The average Bonchev–Trinajstić information content (AvgIpc) is 3.02. The molecule has 0 saturated carbocycles. The van der Waals surface area contributed by atoms with Crippen LogP contribution >= 0.6 is 0 Å². The van der Waals surface area contributed by atoms with Crippen molar-refractivity contribution < 1.29 is 4.74 Å². The van der Waals surface area contributed by atoms with Crippen molar-refractivity contribution in [3.05, 3.63) is 70.4 Å².